The maximum atomic E-state index is 11.1. The molecule has 1 rings (SSSR count). The van der Waals surface area contributed by atoms with E-state index in [9.17, 15) is 9.90 Å². The quantitative estimate of drug-likeness (QED) is 0.656. The van der Waals surface area contributed by atoms with E-state index in [1.54, 1.807) is 6.07 Å². The summed E-state index contributed by atoms with van der Waals surface area (Å²) in [6.07, 6.45) is 0. The van der Waals surface area contributed by atoms with Gasteiger partial charge < -0.3 is 10.4 Å². The summed E-state index contributed by atoms with van der Waals surface area (Å²) in [5.41, 5.74) is 1.30. The Morgan fingerprint density at radius 1 is 1.53 bits per heavy atom. The summed E-state index contributed by atoms with van der Waals surface area (Å²) in [5, 5.41) is 12.7. The topological polar surface area (TPSA) is 49.3 Å². The Bertz CT molecular complexity index is 364. The summed E-state index contributed by atoms with van der Waals surface area (Å²) >= 11 is 3.05. The van der Waals surface area contributed by atoms with E-state index in [0.29, 0.717) is 5.69 Å². The van der Waals surface area contributed by atoms with Crippen LogP contribution in [0.3, 0.4) is 0 Å². The zero-order valence-corrected chi connectivity index (χ0v) is 10.3. The zero-order valence-electron chi connectivity index (χ0n) is 8.75. The number of amides is 1. The molecule has 1 amide bonds. The molecule has 2 N–H and O–H groups in total. The predicted molar refractivity (Wildman–Crippen MR) is 64.6 cm³/mol. The zero-order chi connectivity index (χ0) is 11.4. The number of halogens is 1. The van der Waals surface area contributed by atoms with Gasteiger partial charge in [-0.05, 0) is 17.5 Å². The van der Waals surface area contributed by atoms with Crippen LogP contribution in [0, 0.1) is 0 Å². The lowest BCUT2D eigenvalue weighted by Gasteiger charge is -2.12. The molecule has 0 aliphatic rings. The molecule has 0 unspecified atom stereocenters. The molecule has 0 heterocycles. The Morgan fingerprint density at radius 3 is 2.73 bits per heavy atom. The van der Waals surface area contributed by atoms with E-state index in [1.165, 1.54) is 0 Å². The van der Waals surface area contributed by atoms with Crippen molar-refractivity contribution in [3.05, 3.63) is 23.8 Å². The van der Waals surface area contributed by atoms with E-state index in [-0.39, 0.29) is 22.9 Å². The van der Waals surface area contributed by atoms with Crippen molar-refractivity contribution >= 4 is 27.5 Å². The van der Waals surface area contributed by atoms with Gasteiger partial charge in [0.05, 0.1) is 11.0 Å². The molecule has 0 aliphatic carbocycles. The van der Waals surface area contributed by atoms with Gasteiger partial charge in [-0.2, -0.15) is 0 Å². The Morgan fingerprint density at radius 2 is 2.20 bits per heavy atom. The van der Waals surface area contributed by atoms with Crippen LogP contribution in [0.25, 0.3) is 0 Å². The lowest BCUT2D eigenvalue weighted by molar-refractivity contribution is -0.113. The Balaban J connectivity index is 2.99. The molecule has 1 aromatic rings. The highest BCUT2D eigenvalue weighted by Gasteiger charge is 2.11. The van der Waals surface area contributed by atoms with Crippen molar-refractivity contribution in [2.75, 3.05) is 10.6 Å². The van der Waals surface area contributed by atoms with Gasteiger partial charge in [-0.15, -0.1) is 0 Å². The minimum atomic E-state index is -0.175. The molecule has 0 saturated heterocycles. The normalized spacial score (nSPS) is 10.4. The van der Waals surface area contributed by atoms with Crippen LogP contribution in [0.5, 0.6) is 5.75 Å². The summed E-state index contributed by atoms with van der Waals surface area (Å²) in [5.74, 6) is 0.207. The summed E-state index contributed by atoms with van der Waals surface area (Å²) in [6, 6.07) is 5.35. The van der Waals surface area contributed by atoms with Gasteiger partial charge in [0, 0.05) is 0 Å². The first-order valence-corrected chi connectivity index (χ1v) is 5.86. The molecule has 0 spiro atoms. The predicted octanol–water partition coefficient (Wildman–Crippen LogP) is 2.85. The van der Waals surface area contributed by atoms with Crippen LogP contribution in [-0.4, -0.2) is 16.3 Å². The first kappa shape index (κ1) is 12.0. The molecule has 0 atom stereocenters. The first-order valence-electron chi connectivity index (χ1n) is 4.74. The third-order valence-corrected chi connectivity index (χ3v) is 2.59. The van der Waals surface area contributed by atoms with Gasteiger partial charge in [-0.1, -0.05) is 41.9 Å². The molecule has 0 saturated carbocycles. The number of carbonyl (C=O) groups is 1. The van der Waals surface area contributed by atoms with Crippen molar-refractivity contribution in [3.8, 4) is 5.75 Å². The van der Waals surface area contributed by atoms with Crippen molar-refractivity contribution in [3.63, 3.8) is 0 Å². The fourth-order valence-corrected chi connectivity index (χ4v) is 1.45. The average Bonchev–Trinajstić information content (AvgIpc) is 2.20. The van der Waals surface area contributed by atoms with Crippen molar-refractivity contribution < 1.29 is 9.90 Å². The molecule has 1 aromatic carbocycles. The van der Waals surface area contributed by atoms with Crippen LogP contribution in [0.1, 0.15) is 25.3 Å². The minimum Gasteiger partial charge on any atom is -0.505 e. The second kappa shape index (κ2) is 5.16. The van der Waals surface area contributed by atoms with E-state index in [2.05, 4.69) is 21.2 Å². The fraction of sp³-hybridized carbons (Fsp3) is 0.364. The number of anilines is 1. The van der Waals surface area contributed by atoms with Gasteiger partial charge in [-0.3, -0.25) is 4.79 Å². The Kier molecular flexibility index (Phi) is 4.15. The fourth-order valence-electron chi connectivity index (χ4n) is 1.31. The van der Waals surface area contributed by atoms with E-state index >= 15 is 0 Å². The molecule has 15 heavy (non-hydrogen) atoms. The highest BCUT2D eigenvalue weighted by molar-refractivity contribution is 9.09. The number of phenols is 1. The summed E-state index contributed by atoms with van der Waals surface area (Å²) in [4.78, 5) is 11.1. The maximum absolute atomic E-state index is 11.1. The van der Waals surface area contributed by atoms with Gasteiger partial charge in [0.2, 0.25) is 5.91 Å². The van der Waals surface area contributed by atoms with Crippen molar-refractivity contribution in [1.82, 2.24) is 0 Å². The van der Waals surface area contributed by atoms with Crippen LogP contribution < -0.4 is 5.32 Å². The molecule has 82 valence electrons. The van der Waals surface area contributed by atoms with E-state index < -0.39 is 0 Å². The number of rotatable bonds is 3. The highest BCUT2D eigenvalue weighted by Crippen LogP contribution is 2.32. The van der Waals surface area contributed by atoms with Crippen LogP contribution in [0.2, 0.25) is 0 Å². The van der Waals surface area contributed by atoms with Gasteiger partial charge in [0.25, 0.3) is 0 Å². The Hall–Kier alpha value is -1.03. The van der Waals surface area contributed by atoms with Crippen LogP contribution >= 0.6 is 15.9 Å². The van der Waals surface area contributed by atoms with Crippen LogP contribution in [0.4, 0.5) is 5.69 Å². The molecular weight excluding hydrogens is 258 g/mol. The molecule has 3 nitrogen and oxygen atoms in total. The second-order valence-corrected chi connectivity index (χ2v) is 4.14. The number of carbonyl (C=O) groups excluding carboxylic acids is 1. The molecule has 0 fully saturated rings. The van der Waals surface area contributed by atoms with Crippen molar-refractivity contribution in [1.29, 1.82) is 0 Å². The third-order valence-electron chi connectivity index (χ3n) is 2.08. The molecule has 0 bridgehead atoms. The van der Waals surface area contributed by atoms with E-state index in [0.717, 1.165) is 5.56 Å². The van der Waals surface area contributed by atoms with Crippen molar-refractivity contribution in [2.45, 2.75) is 19.8 Å². The highest BCUT2D eigenvalue weighted by atomic mass is 79.9. The number of phenolic OH excluding ortho intramolecular Hbond substituents is 1. The lowest BCUT2D eigenvalue weighted by atomic mass is 10.0. The number of nitrogens with one attached hydrogen (secondary N) is 1. The molecule has 0 radical (unpaired) electrons. The van der Waals surface area contributed by atoms with Crippen LogP contribution in [0.15, 0.2) is 18.2 Å². The van der Waals surface area contributed by atoms with Gasteiger partial charge >= 0.3 is 0 Å². The smallest absolute Gasteiger partial charge is 0.235 e. The molecular formula is C11H14BrNO2. The largest absolute Gasteiger partial charge is 0.505 e. The number of benzene rings is 1. The minimum absolute atomic E-state index is 0.154. The maximum Gasteiger partial charge on any atom is 0.235 e. The van der Waals surface area contributed by atoms with Gasteiger partial charge in [0.15, 0.2) is 0 Å². The molecule has 0 aliphatic heterocycles. The van der Waals surface area contributed by atoms with Crippen LogP contribution in [-0.2, 0) is 4.79 Å². The summed E-state index contributed by atoms with van der Waals surface area (Å²) in [7, 11) is 0. The van der Waals surface area contributed by atoms with E-state index in [1.807, 2.05) is 26.0 Å². The number of hydrogen-bond acceptors (Lipinski definition) is 2. The number of alkyl halides is 1. The average molecular weight is 272 g/mol. The number of hydrogen-bond donors (Lipinski definition) is 2. The van der Waals surface area contributed by atoms with Gasteiger partial charge in [-0.25, -0.2) is 0 Å². The lowest BCUT2D eigenvalue weighted by Crippen LogP contribution is -2.12. The second-order valence-electron chi connectivity index (χ2n) is 3.58. The van der Waals surface area contributed by atoms with Gasteiger partial charge in [0.1, 0.15) is 5.75 Å². The third kappa shape index (κ3) is 2.96. The summed E-state index contributed by atoms with van der Waals surface area (Å²) in [6.45, 7) is 3.98. The summed E-state index contributed by atoms with van der Waals surface area (Å²) < 4.78 is 0. The SMILES string of the molecule is CC(C)c1cccc(NC(=O)CBr)c1O. The Labute approximate surface area is 97.6 Å². The first-order chi connectivity index (χ1) is 7.06. The molecule has 0 aromatic heterocycles. The number of aromatic hydroxyl groups is 1. The number of para-hydroxylation sites is 1. The monoisotopic (exact) mass is 271 g/mol. The standard InChI is InChI=1S/C11H14BrNO2/c1-7(2)8-4-3-5-9(11(8)15)13-10(14)6-12/h3-5,7,15H,6H2,1-2H3,(H,13,14). The molecule has 4 heteroatoms. The van der Waals surface area contributed by atoms with E-state index in [4.69, 9.17) is 0 Å². The van der Waals surface area contributed by atoms with Crippen molar-refractivity contribution in [2.24, 2.45) is 0 Å².